The van der Waals surface area contributed by atoms with E-state index in [0.29, 0.717) is 24.1 Å². The molecule has 2 N–H and O–H groups in total. The zero-order valence-corrected chi connectivity index (χ0v) is 10.9. The summed E-state index contributed by atoms with van der Waals surface area (Å²) in [6, 6.07) is 2.88. The minimum absolute atomic E-state index is 0.190. The number of rotatable bonds is 3. The summed E-state index contributed by atoms with van der Waals surface area (Å²) in [5.41, 5.74) is 0.0531. The Labute approximate surface area is 110 Å². The highest BCUT2D eigenvalue weighted by Gasteiger charge is 2.27. The van der Waals surface area contributed by atoms with Gasteiger partial charge in [-0.1, -0.05) is 0 Å². The van der Waals surface area contributed by atoms with Crippen molar-refractivity contribution in [1.29, 1.82) is 0 Å². The second kappa shape index (κ2) is 4.74. The van der Waals surface area contributed by atoms with Crippen molar-refractivity contribution in [1.82, 2.24) is 0 Å². The molecule has 0 heterocycles. The number of carbonyl (C=O) groups is 2. The molecular formula is C14H16FNO3. The molecule has 0 radical (unpaired) electrons. The van der Waals surface area contributed by atoms with E-state index in [-0.39, 0.29) is 5.92 Å². The topological polar surface area (TPSA) is 66.4 Å². The minimum atomic E-state index is -1.53. The van der Waals surface area contributed by atoms with Gasteiger partial charge in [-0.3, -0.25) is 4.79 Å². The lowest BCUT2D eigenvalue weighted by atomic mass is 10.1. The van der Waals surface area contributed by atoms with E-state index in [4.69, 9.17) is 0 Å². The number of halogens is 1. The van der Waals surface area contributed by atoms with Gasteiger partial charge in [-0.15, -0.1) is 0 Å². The highest BCUT2D eigenvalue weighted by atomic mass is 19.1. The Morgan fingerprint density at radius 1 is 1.47 bits per heavy atom. The number of amides is 1. The molecule has 0 fully saturated rings. The predicted octanol–water partition coefficient (Wildman–Crippen LogP) is 1.45. The van der Waals surface area contributed by atoms with Crippen LogP contribution in [0.1, 0.15) is 25.0 Å². The van der Waals surface area contributed by atoms with Crippen LogP contribution in [0.5, 0.6) is 0 Å². The van der Waals surface area contributed by atoms with Gasteiger partial charge in [0.1, 0.15) is 17.7 Å². The lowest BCUT2D eigenvalue weighted by Gasteiger charge is -2.17. The van der Waals surface area contributed by atoms with Gasteiger partial charge in [-0.05, 0) is 49.9 Å². The molecule has 4 nitrogen and oxygen atoms in total. The second-order valence-electron chi connectivity index (χ2n) is 5.41. The molecule has 1 aromatic carbocycles. The maximum Gasteiger partial charge on any atom is 0.255 e. The van der Waals surface area contributed by atoms with Crippen LogP contribution in [-0.2, 0) is 22.4 Å². The van der Waals surface area contributed by atoms with Gasteiger partial charge in [0.2, 0.25) is 0 Å². The van der Waals surface area contributed by atoms with Crippen molar-refractivity contribution in [2.24, 2.45) is 5.92 Å². The third kappa shape index (κ3) is 2.81. The fourth-order valence-electron chi connectivity index (χ4n) is 2.17. The first-order valence-corrected chi connectivity index (χ1v) is 6.11. The van der Waals surface area contributed by atoms with Crippen molar-refractivity contribution in [3.63, 3.8) is 0 Å². The summed E-state index contributed by atoms with van der Waals surface area (Å²) >= 11 is 0. The predicted molar refractivity (Wildman–Crippen MR) is 68.3 cm³/mol. The molecule has 5 heteroatoms. The molecule has 1 aromatic rings. The van der Waals surface area contributed by atoms with Crippen molar-refractivity contribution >= 4 is 17.9 Å². The molecule has 0 bridgehead atoms. The van der Waals surface area contributed by atoms with Crippen LogP contribution in [0.2, 0.25) is 0 Å². The molecule has 0 saturated carbocycles. The first kappa shape index (κ1) is 13.7. The summed E-state index contributed by atoms with van der Waals surface area (Å²) in [7, 11) is 0. The van der Waals surface area contributed by atoms with E-state index in [1.165, 1.54) is 19.9 Å². The monoisotopic (exact) mass is 265 g/mol. The Hall–Kier alpha value is -1.75. The Bertz CT molecular complexity index is 534. The number of nitrogens with one attached hydrogen (secondary N) is 1. The average molecular weight is 265 g/mol. The number of anilines is 1. The third-order valence-electron chi connectivity index (χ3n) is 3.24. The molecule has 0 spiro atoms. The summed E-state index contributed by atoms with van der Waals surface area (Å²) in [4.78, 5) is 22.4. The summed E-state index contributed by atoms with van der Waals surface area (Å²) < 4.78 is 13.9. The molecule has 2 rings (SSSR count). The average Bonchev–Trinajstić information content (AvgIpc) is 2.71. The van der Waals surface area contributed by atoms with Gasteiger partial charge in [-0.25, -0.2) is 4.39 Å². The molecule has 0 aliphatic heterocycles. The van der Waals surface area contributed by atoms with Gasteiger partial charge in [0, 0.05) is 11.6 Å². The van der Waals surface area contributed by atoms with Gasteiger partial charge >= 0.3 is 0 Å². The van der Waals surface area contributed by atoms with Crippen LogP contribution in [0.4, 0.5) is 10.1 Å². The Balaban J connectivity index is 2.25. The summed E-state index contributed by atoms with van der Waals surface area (Å²) in [5, 5.41) is 12.0. The van der Waals surface area contributed by atoms with E-state index in [2.05, 4.69) is 5.32 Å². The van der Waals surface area contributed by atoms with Gasteiger partial charge in [0.25, 0.3) is 5.91 Å². The molecular weight excluding hydrogens is 249 g/mol. The quantitative estimate of drug-likeness (QED) is 0.813. The highest BCUT2D eigenvalue weighted by molar-refractivity contribution is 5.96. The van der Waals surface area contributed by atoms with E-state index in [9.17, 15) is 19.1 Å². The van der Waals surface area contributed by atoms with E-state index >= 15 is 0 Å². The van der Waals surface area contributed by atoms with Crippen molar-refractivity contribution in [3.05, 3.63) is 29.1 Å². The van der Waals surface area contributed by atoms with E-state index in [0.717, 1.165) is 11.8 Å². The smallest absolute Gasteiger partial charge is 0.255 e. The van der Waals surface area contributed by atoms with Crippen LogP contribution in [0, 0.1) is 11.7 Å². The fraction of sp³-hybridized carbons (Fsp3) is 0.429. The van der Waals surface area contributed by atoms with Gasteiger partial charge in [0.05, 0.1) is 0 Å². The summed E-state index contributed by atoms with van der Waals surface area (Å²) in [6.45, 7) is 2.71. The Kier molecular flexibility index (Phi) is 3.41. The number of hydrogen-bond acceptors (Lipinski definition) is 3. The molecule has 102 valence electrons. The van der Waals surface area contributed by atoms with Crippen LogP contribution >= 0.6 is 0 Å². The van der Waals surface area contributed by atoms with Crippen LogP contribution in [0.25, 0.3) is 0 Å². The molecule has 1 aliphatic carbocycles. The SMILES string of the molecule is CC(C)(O)C(=O)Nc1cc(F)c2c(c1)CC(C=O)C2. The van der Waals surface area contributed by atoms with E-state index in [1.54, 1.807) is 6.07 Å². The lowest BCUT2D eigenvalue weighted by molar-refractivity contribution is -0.130. The standard InChI is InChI=1S/C14H16FNO3/c1-14(2,19)13(18)16-10-5-9-3-8(7-17)4-11(9)12(15)6-10/h5-8,19H,3-4H2,1-2H3,(H,16,18). The third-order valence-corrected chi connectivity index (χ3v) is 3.24. The zero-order valence-electron chi connectivity index (χ0n) is 10.9. The molecule has 19 heavy (non-hydrogen) atoms. The first-order chi connectivity index (χ1) is 8.81. The highest BCUT2D eigenvalue weighted by Crippen LogP contribution is 2.30. The van der Waals surface area contributed by atoms with Crippen LogP contribution in [-0.4, -0.2) is 22.9 Å². The maximum absolute atomic E-state index is 13.9. The molecule has 0 aromatic heterocycles. The maximum atomic E-state index is 13.9. The van der Waals surface area contributed by atoms with Crippen molar-refractivity contribution < 1.29 is 19.1 Å². The molecule has 1 unspecified atom stereocenters. The molecule has 1 atom stereocenters. The Morgan fingerprint density at radius 2 is 2.16 bits per heavy atom. The summed E-state index contributed by atoms with van der Waals surface area (Å²) in [6.07, 6.45) is 1.72. The second-order valence-corrected chi connectivity index (χ2v) is 5.41. The van der Waals surface area contributed by atoms with Gasteiger partial charge in [0.15, 0.2) is 0 Å². The number of hydrogen-bond donors (Lipinski definition) is 2. The van der Waals surface area contributed by atoms with Crippen molar-refractivity contribution in [2.75, 3.05) is 5.32 Å². The number of benzene rings is 1. The van der Waals surface area contributed by atoms with E-state index in [1.807, 2.05) is 0 Å². The van der Waals surface area contributed by atoms with Crippen LogP contribution < -0.4 is 5.32 Å². The van der Waals surface area contributed by atoms with Crippen LogP contribution in [0.15, 0.2) is 12.1 Å². The normalized spacial score (nSPS) is 18.0. The minimum Gasteiger partial charge on any atom is -0.381 e. The molecule has 1 amide bonds. The first-order valence-electron chi connectivity index (χ1n) is 6.11. The fourth-order valence-corrected chi connectivity index (χ4v) is 2.17. The largest absolute Gasteiger partial charge is 0.381 e. The number of aliphatic hydroxyl groups is 1. The number of aldehydes is 1. The zero-order chi connectivity index (χ0) is 14.2. The Morgan fingerprint density at radius 3 is 2.74 bits per heavy atom. The summed E-state index contributed by atoms with van der Waals surface area (Å²) in [5.74, 6) is -1.21. The lowest BCUT2D eigenvalue weighted by Crippen LogP contribution is -2.36. The van der Waals surface area contributed by atoms with Crippen molar-refractivity contribution in [3.8, 4) is 0 Å². The van der Waals surface area contributed by atoms with Crippen LogP contribution in [0.3, 0.4) is 0 Å². The molecule has 0 saturated heterocycles. The molecule has 1 aliphatic rings. The van der Waals surface area contributed by atoms with Gasteiger partial charge < -0.3 is 15.2 Å². The van der Waals surface area contributed by atoms with Crippen molar-refractivity contribution in [2.45, 2.75) is 32.3 Å². The number of carbonyl (C=O) groups excluding carboxylic acids is 2. The number of fused-ring (bicyclic) bond motifs is 1. The van der Waals surface area contributed by atoms with E-state index < -0.39 is 17.3 Å². The van der Waals surface area contributed by atoms with Gasteiger partial charge in [-0.2, -0.15) is 0 Å².